The molecule has 0 aliphatic rings. The SMILES string of the molecule is Cc1ccc(Br)cc1NC(=O)c1c[nH]ccc1=O. The number of nitrogens with one attached hydrogen (secondary N) is 2. The van der Waals surface area contributed by atoms with Crippen molar-refractivity contribution in [2.45, 2.75) is 6.92 Å². The molecule has 2 aromatic rings. The predicted octanol–water partition coefficient (Wildman–Crippen LogP) is 2.70. The predicted molar refractivity (Wildman–Crippen MR) is 73.9 cm³/mol. The molecule has 2 rings (SSSR count). The van der Waals surface area contributed by atoms with Crippen molar-refractivity contribution in [2.75, 3.05) is 5.32 Å². The van der Waals surface area contributed by atoms with Crippen LogP contribution in [0.4, 0.5) is 5.69 Å². The van der Waals surface area contributed by atoms with Gasteiger partial charge >= 0.3 is 0 Å². The summed E-state index contributed by atoms with van der Waals surface area (Å²) >= 11 is 3.34. The Bertz CT molecular complexity index is 649. The first kappa shape index (κ1) is 12.6. The smallest absolute Gasteiger partial charge is 0.261 e. The van der Waals surface area contributed by atoms with Gasteiger partial charge < -0.3 is 10.3 Å². The summed E-state index contributed by atoms with van der Waals surface area (Å²) in [6.07, 6.45) is 2.88. The zero-order valence-corrected chi connectivity index (χ0v) is 11.2. The lowest BCUT2D eigenvalue weighted by Crippen LogP contribution is -2.21. The normalized spacial score (nSPS) is 10.1. The third-order valence-electron chi connectivity index (χ3n) is 2.52. The van der Waals surface area contributed by atoms with Gasteiger partial charge in [0.15, 0.2) is 5.43 Å². The van der Waals surface area contributed by atoms with E-state index in [-0.39, 0.29) is 11.0 Å². The summed E-state index contributed by atoms with van der Waals surface area (Å²) in [6, 6.07) is 6.89. The van der Waals surface area contributed by atoms with Crippen LogP contribution < -0.4 is 10.7 Å². The number of hydrogen-bond acceptors (Lipinski definition) is 2. The monoisotopic (exact) mass is 306 g/mol. The molecular weight excluding hydrogens is 296 g/mol. The van der Waals surface area contributed by atoms with Gasteiger partial charge in [0.2, 0.25) is 0 Å². The molecule has 1 heterocycles. The first-order valence-corrected chi connectivity index (χ1v) is 6.12. The number of carbonyl (C=O) groups is 1. The van der Waals surface area contributed by atoms with Crippen molar-refractivity contribution in [1.82, 2.24) is 4.98 Å². The summed E-state index contributed by atoms with van der Waals surface area (Å²) in [5.41, 5.74) is 1.40. The van der Waals surface area contributed by atoms with Crippen LogP contribution >= 0.6 is 15.9 Å². The van der Waals surface area contributed by atoms with Gasteiger partial charge in [-0.1, -0.05) is 22.0 Å². The number of H-pyrrole nitrogens is 1. The van der Waals surface area contributed by atoms with Crippen molar-refractivity contribution >= 4 is 27.5 Å². The molecule has 1 aromatic carbocycles. The zero-order valence-electron chi connectivity index (χ0n) is 9.66. The van der Waals surface area contributed by atoms with Crippen molar-refractivity contribution in [2.24, 2.45) is 0 Å². The van der Waals surface area contributed by atoms with Gasteiger partial charge in [-0.3, -0.25) is 9.59 Å². The van der Waals surface area contributed by atoms with Crippen molar-refractivity contribution in [3.05, 3.63) is 62.5 Å². The standard InChI is InChI=1S/C13H11BrN2O2/c1-8-2-3-9(14)6-11(8)16-13(18)10-7-15-5-4-12(10)17/h2-7H,1H3,(H,15,17)(H,16,18). The minimum absolute atomic E-state index is 0.0943. The fourth-order valence-corrected chi connectivity index (χ4v) is 1.87. The number of pyridine rings is 1. The second-order valence-electron chi connectivity index (χ2n) is 3.84. The van der Waals surface area contributed by atoms with Crippen LogP contribution in [-0.2, 0) is 0 Å². The summed E-state index contributed by atoms with van der Waals surface area (Å²) in [4.78, 5) is 26.2. The third-order valence-corrected chi connectivity index (χ3v) is 3.01. The number of anilines is 1. The highest BCUT2D eigenvalue weighted by atomic mass is 79.9. The van der Waals surface area contributed by atoms with E-state index in [1.54, 1.807) is 6.07 Å². The minimum Gasteiger partial charge on any atom is -0.367 e. The van der Waals surface area contributed by atoms with Crippen LogP contribution in [0.15, 0.2) is 45.9 Å². The highest BCUT2D eigenvalue weighted by Gasteiger charge is 2.10. The van der Waals surface area contributed by atoms with E-state index in [9.17, 15) is 9.59 Å². The van der Waals surface area contributed by atoms with Crippen LogP contribution in [0.1, 0.15) is 15.9 Å². The van der Waals surface area contributed by atoms with Crippen LogP contribution in [0.25, 0.3) is 0 Å². The Labute approximate surface area is 112 Å². The molecule has 0 aliphatic carbocycles. The molecule has 0 saturated carbocycles. The molecule has 0 unspecified atom stereocenters. The Kier molecular flexibility index (Phi) is 3.62. The summed E-state index contributed by atoms with van der Waals surface area (Å²) in [6.45, 7) is 1.89. The Morgan fingerprint density at radius 3 is 2.83 bits per heavy atom. The molecule has 0 atom stereocenters. The van der Waals surface area contributed by atoms with Crippen LogP contribution in [0.2, 0.25) is 0 Å². The van der Waals surface area contributed by atoms with Crippen LogP contribution in [0.5, 0.6) is 0 Å². The molecule has 92 valence electrons. The highest BCUT2D eigenvalue weighted by Crippen LogP contribution is 2.20. The summed E-state index contributed by atoms with van der Waals surface area (Å²) in [7, 11) is 0. The maximum absolute atomic E-state index is 12.0. The van der Waals surface area contributed by atoms with E-state index in [1.165, 1.54) is 18.5 Å². The Morgan fingerprint density at radius 2 is 2.11 bits per heavy atom. The number of aryl methyl sites for hydroxylation is 1. The number of hydrogen-bond donors (Lipinski definition) is 2. The van der Waals surface area contributed by atoms with Crippen molar-refractivity contribution < 1.29 is 4.79 Å². The molecule has 2 N–H and O–H groups in total. The molecule has 4 nitrogen and oxygen atoms in total. The van der Waals surface area contributed by atoms with Gasteiger partial charge in [0.1, 0.15) is 5.56 Å². The quantitative estimate of drug-likeness (QED) is 0.896. The Hall–Kier alpha value is -1.88. The van der Waals surface area contributed by atoms with E-state index >= 15 is 0 Å². The second-order valence-corrected chi connectivity index (χ2v) is 4.75. The molecule has 1 aromatic heterocycles. The fourth-order valence-electron chi connectivity index (χ4n) is 1.51. The highest BCUT2D eigenvalue weighted by molar-refractivity contribution is 9.10. The average Bonchev–Trinajstić information content (AvgIpc) is 2.34. The van der Waals surface area contributed by atoms with Gasteiger partial charge in [-0.15, -0.1) is 0 Å². The zero-order chi connectivity index (χ0) is 13.1. The summed E-state index contributed by atoms with van der Waals surface area (Å²) < 4.78 is 0.866. The van der Waals surface area contributed by atoms with E-state index < -0.39 is 5.91 Å². The minimum atomic E-state index is -0.418. The van der Waals surface area contributed by atoms with Crippen molar-refractivity contribution in [1.29, 1.82) is 0 Å². The summed E-state index contributed by atoms with van der Waals surface area (Å²) in [5, 5.41) is 2.72. The molecule has 0 bridgehead atoms. The van der Waals surface area contributed by atoms with Crippen LogP contribution in [0.3, 0.4) is 0 Å². The lowest BCUT2D eigenvalue weighted by molar-refractivity contribution is 0.102. The number of rotatable bonds is 2. The lowest BCUT2D eigenvalue weighted by atomic mass is 10.2. The molecule has 0 spiro atoms. The van der Waals surface area contributed by atoms with E-state index in [0.717, 1.165) is 10.0 Å². The molecule has 0 saturated heterocycles. The number of carbonyl (C=O) groups excluding carboxylic acids is 1. The van der Waals surface area contributed by atoms with E-state index in [0.29, 0.717) is 5.69 Å². The van der Waals surface area contributed by atoms with E-state index in [2.05, 4.69) is 26.2 Å². The third kappa shape index (κ3) is 2.68. The van der Waals surface area contributed by atoms with E-state index in [1.807, 2.05) is 19.1 Å². The molecule has 1 amide bonds. The maximum atomic E-state index is 12.0. The molecule has 18 heavy (non-hydrogen) atoms. The molecule has 0 aliphatic heterocycles. The first-order valence-electron chi connectivity index (χ1n) is 5.32. The van der Waals surface area contributed by atoms with Gasteiger partial charge in [-0.2, -0.15) is 0 Å². The molecular formula is C13H11BrN2O2. The largest absolute Gasteiger partial charge is 0.367 e. The van der Waals surface area contributed by atoms with E-state index in [4.69, 9.17) is 0 Å². The van der Waals surface area contributed by atoms with Gasteiger partial charge in [-0.05, 0) is 24.6 Å². The first-order chi connectivity index (χ1) is 8.58. The van der Waals surface area contributed by atoms with Gasteiger partial charge in [0.05, 0.1) is 0 Å². The van der Waals surface area contributed by atoms with Gasteiger partial charge in [-0.25, -0.2) is 0 Å². The Morgan fingerprint density at radius 1 is 1.33 bits per heavy atom. The number of aromatic amines is 1. The Balaban J connectivity index is 2.30. The van der Waals surface area contributed by atoms with Crippen molar-refractivity contribution in [3.8, 4) is 0 Å². The maximum Gasteiger partial charge on any atom is 0.261 e. The number of aromatic nitrogens is 1. The average molecular weight is 307 g/mol. The molecule has 0 fully saturated rings. The van der Waals surface area contributed by atoms with Crippen LogP contribution in [0, 0.1) is 6.92 Å². The lowest BCUT2D eigenvalue weighted by Gasteiger charge is -2.08. The van der Waals surface area contributed by atoms with Gasteiger partial charge in [0, 0.05) is 28.6 Å². The number of benzene rings is 1. The number of halogens is 1. The van der Waals surface area contributed by atoms with Gasteiger partial charge in [0.25, 0.3) is 5.91 Å². The number of amides is 1. The second kappa shape index (κ2) is 5.18. The summed E-state index contributed by atoms with van der Waals surface area (Å²) in [5.74, 6) is -0.418. The van der Waals surface area contributed by atoms with Crippen molar-refractivity contribution in [3.63, 3.8) is 0 Å². The van der Waals surface area contributed by atoms with Crippen LogP contribution in [-0.4, -0.2) is 10.9 Å². The molecule has 5 heteroatoms. The molecule has 0 radical (unpaired) electrons. The topological polar surface area (TPSA) is 62.0 Å². The fraction of sp³-hybridized carbons (Fsp3) is 0.0769.